The summed E-state index contributed by atoms with van der Waals surface area (Å²) in [7, 11) is 1.58. The summed E-state index contributed by atoms with van der Waals surface area (Å²) >= 11 is 0. The van der Waals surface area contributed by atoms with Crippen LogP contribution in [0.25, 0.3) is 5.69 Å². The largest absolute Gasteiger partial charge is 0.497 e. The van der Waals surface area contributed by atoms with Crippen molar-refractivity contribution in [2.45, 2.75) is 32.4 Å². The predicted molar refractivity (Wildman–Crippen MR) is 119 cm³/mol. The van der Waals surface area contributed by atoms with Gasteiger partial charge in [-0.1, -0.05) is 18.2 Å². The van der Waals surface area contributed by atoms with Crippen LogP contribution < -0.4 is 25.8 Å². The minimum Gasteiger partial charge on any atom is -0.497 e. The normalized spacial score (nSPS) is 12.8. The first-order chi connectivity index (χ1) is 15.4. The number of amides is 2. The maximum atomic E-state index is 12.4. The minimum atomic E-state index is -0.659. The van der Waals surface area contributed by atoms with Crippen LogP contribution in [0.4, 0.5) is 10.6 Å². The molecule has 4 rings (SSSR count). The van der Waals surface area contributed by atoms with Gasteiger partial charge in [-0.05, 0) is 55.2 Å². The third kappa shape index (κ3) is 4.83. The van der Waals surface area contributed by atoms with E-state index in [2.05, 4.69) is 15.7 Å². The van der Waals surface area contributed by atoms with Crippen LogP contribution in [0.1, 0.15) is 34.3 Å². The monoisotopic (exact) mass is 435 g/mol. The highest BCUT2D eigenvalue weighted by molar-refractivity contribution is 5.95. The van der Waals surface area contributed by atoms with E-state index in [1.54, 1.807) is 19.2 Å². The van der Waals surface area contributed by atoms with E-state index in [1.165, 1.54) is 10.9 Å². The van der Waals surface area contributed by atoms with Crippen LogP contribution in [-0.2, 0) is 6.54 Å². The molecule has 0 atom stereocenters. The number of hydrogen-bond acceptors (Lipinski definition) is 6. The molecule has 2 aromatic carbocycles. The van der Waals surface area contributed by atoms with E-state index in [-0.39, 0.29) is 30.1 Å². The molecule has 0 radical (unpaired) electrons. The fourth-order valence-corrected chi connectivity index (χ4v) is 3.18. The lowest BCUT2D eigenvalue weighted by Crippen LogP contribution is -2.26. The van der Waals surface area contributed by atoms with Crippen molar-refractivity contribution in [3.8, 4) is 17.2 Å². The third-order valence-electron chi connectivity index (χ3n) is 5.16. The number of aryl methyl sites for hydroxylation is 1. The molecule has 1 aromatic heterocycles. The van der Waals surface area contributed by atoms with E-state index in [9.17, 15) is 9.59 Å². The second-order valence-electron chi connectivity index (χ2n) is 7.65. The van der Waals surface area contributed by atoms with Crippen LogP contribution in [0.2, 0.25) is 0 Å². The molecular formula is C23H25N5O4. The van der Waals surface area contributed by atoms with Gasteiger partial charge < -0.3 is 25.8 Å². The number of benzene rings is 2. The highest BCUT2D eigenvalue weighted by Gasteiger charge is 2.24. The zero-order valence-corrected chi connectivity index (χ0v) is 17.9. The van der Waals surface area contributed by atoms with Gasteiger partial charge in [-0.25, -0.2) is 9.48 Å². The SMILES string of the molecule is COc1cccc(CNC(=O)Oc2cnn(-c3cc(C(=O)NC4CC4)ccc3C)c2N)c1. The Bertz CT molecular complexity index is 1150. The number of rotatable bonds is 7. The van der Waals surface area contributed by atoms with Gasteiger partial charge in [0, 0.05) is 18.2 Å². The van der Waals surface area contributed by atoms with E-state index in [0.29, 0.717) is 17.0 Å². The van der Waals surface area contributed by atoms with E-state index < -0.39 is 6.09 Å². The molecule has 1 heterocycles. The number of nitrogens with two attached hydrogens (primary N) is 1. The van der Waals surface area contributed by atoms with Crippen LogP contribution in [0, 0.1) is 6.92 Å². The lowest BCUT2D eigenvalue weighted by Gasteiger charge is -2.11. The number of carbonyl (C=O) groups excluding carboxylic acids is 2. The van der Waals surface area contributed by atoms with Gasteiger partial charge in [-0.3, -0.25) is 4.79 Å². The predicted octanol–water partition coefficient (Wildman–Crippen LogP) is 2.95. The van der Waals surface area contributed by atoms with Gasteiger partial charge in [0.2, 0.25) is 0 Å². The molecule has 0 bridgehead atoms. The lowest BCUT2D eigenvalue weighted by molar-refractivity contribution is 0.0951. The maximum absolute atomic E-state index is 12.4. The minimum absolute atomic E-state index is 0.125. The van der Waals surface area contributed by atoms with Crippen molar-refractivity contribution in [1.82, 2.24) is 20.4 Å². The van der Waals surface area contributed by atoms with E-state index in [1.807, 2.05) is 37.3 Å². The highest BCUT2D eigenvalue weighted by atomic mass is 16.6. The number of methoxy groups -OCH3 is 1. The van der Waals surface area contributed by atoms with Crippen LogP contribution in [0.3, 0.4) is 0 Å². The Morgan fingerprint density at radius 2 is 2.03 bits per heavy atom. The Balaban J connectivity index is 1.44. The standard InChI is InChI=1S/C23H25N5O4/c1-14-6-7-16(22(29)27-17-8-9-17)11-19(14)28-21(24)20(13-26-28)32-23(30)25-12-15-4-3-5-18(10-15)31-2/h3-7,10-11,13,17H,8-9,12,24H2,1-2H3,(H,25,30)(H,27,29). The lowest BCUT2D eigenvalue weighted by atomic mass is 10.1. The van der Waals surface area contributed by atoms with E-state index in [0.717, 1.165) is 24.0 Å². The molecule has 32 heavy (non-hydrogen) atoms. The molecule has 9 heteroatoms. The van der Waals surface area contributed by atoms with Crippen molar-refractivity contribution in [3.63, 3.8) is 0 Å². The third-order valence-corrected chi connectivity index (χ3v) is 5.16. The average Bonchev–Trinajstić information content (AvgIpc) is 3.55. The number of nitrogens with zero attached hydrogens (tertiary/aromatic N) is 2. The summed E-state index contributed by atoms with van der Waals surface area (Å²) in [5.41, 5.74) is 9.08. The first-order valence-corrected chi connectivity index (χ1v) is 10.3. The number of nitrogen functional groups attached to an aromatic ring is 1. The summed E-state index contributed by atoms with van der Waals surface area (Å²) in [6.07, 6.45) is 2.74. The summed E-state index contributed by atoms with van der Waals surface area (Å²) < 4.78 is 12.0. The fourth-order valence-electron chi connectivity index (χ4n) is 3.18. The Kier molecular flexibility index (Phi) is 5.98. The van der Waals surface area contributed by atoms with Gasteiger partial charge in [-0.15, -0.1) is 0 Å². The molecule has 2 amide bonds. The number of anilines is 1. The maximum Gasteiger partial charge on any atom is 0.413 e. The van der Waals surface area contributed by atoms with Crippen molar-refractivity contribution in [2.24, 2.45) is 0 Å². The van der Waals surface area contributed by atoms with E-state index >= 15 is 0 Å². The molecule has 3 aromatic rings. The van der Waals surface area contributed by atoms with E-state index in [4.69, 9.17) is 15.2 Å². The van der Waals surface area contributed by atoms with Crippen molar-refractivity contribution in [2.75, 3.05) is 12.8 Å². The smallest absolute Gasteiger partial charge is 0.413 e. The number of ether oxygens (including phenoxy) is 2. The van der Waals surface area contributed by atoms with Gasteiger partial charge in [0.25, 0.3) is 5.91 Å². The van der Waals surface area contributed by atoms with Crippen molar-refractivity contribution in [1.29, 1.82) is 0 Å². The Morgan fingerprint density at radius 3 is 2.78 bits per heavy atom. The number of aromatic nitrogens is 2. The number of carbonyl (C=O) groups is 2. The molecule has 1 saturated carbocycles. The summed E-state index contributed by atoms with van der Waals surface area (Å²) in [4.78, 5) is 24.6. The second-order valence-corrected chi connectivity index (χ2v) is 7.65. The summed E-state index contributed by atoms with van der Waals surface area (Å²) in [5, 5.41) is 9.89. The summed E-state index contributed by atoms with van der Waals surface area (Å²) in [6.45, 7) is 2.15. The zero-order chi connectivity index (χ0) is 22.7. The molecule has 1 aliphatic carbocycles. The molecule has 0 aliphatic heterocycles. The van der Waals surface area contributed by atoms with Crippen molar-refractivity contribution < 1.29 is 19.1 Å². The van der Waals surface area contributed by atoms with Gasteiger partial charge in [0.15, 0.2) is 11.6 Å². The molecule has 1 fully saturated rings. The van der Waals surface area contributed by atoms with Gasteiger partial charge in [0.05, 0.1) is 19.0 Å². The summed E-state index contributed by atoms with van der Waals surface area (Å²) in [6, 6.07) is 12.9. The first kappa shape index (κ1) is 21.2. The van der Waals surface area contributed by atoms with Gasteiger partial charge in [0.1, 0.15) is 5.75 Å². The van der Waals surface area contributed by atoms with Crippen molar-refractivity contribution >= 4 is 17.8 Å². The van der Waals surface area contributed by atoms with Crippen LogP contribution in [-0.4, -0.2) is 34.9 Å². The molecule has 166 valence electrons. The Labute approximate surface area is 185 Å². The quantitative estimate of drug-likeness (QED) is 0.525. The molecular weight excluding hydrogens is 410 g/mol. The molecule has 0 saturated heterocycles. The highest BCUT2D eigenvalue weighted by Crippen LogP contribution is 2.27. The van der Waals surface area contributed by atoms with Crippen LogP contribution in [0.15, 0.2) is 48.7 Å². The van der Waals surface area contributed by atoms with Crippen molar-refractivity contribution in [3.05, 3.63) is 65.4 Å². The summed E-state index contributed by atoms with van der Waals surface area (Å²) in [5.74, 6) is 0.851. The zero-order valence-electron chi connectivity index (χ0n) is 17.9. The van der Waals surface area contributed by atoms with Crippen LogP contribution in [0.5, 0.6) is 11.5 Å². The molecule has 1 aliphatic rings. The van der Waals surface area contributed by atoms with Gasteiger partial charge in [-0.2, -0.15) is 5.10 Å². The molecule has 4 N–H and O–H groups in total. The number of nitrogens with one attached hydrogen (secondary N) is 2. The Hall–Kier alpha value is -4.01. The molecule has 0 unspecified atom stereocenters. The van der Waals surface area contributed by atoms with Gasteiger partial charge >= 0.3 is 6.09 Å². The average molecular weight is 435 g/mol. The number of hydrogen-bond donors (Lipinski definition) is 3. The van der Waals surface area contributed by atoms with Crippen LogP contribution >= 0.6 is 0 Å². The fraction of sp³-hybridized carbons (Fsp3) is 0.261. The first-order valence-electron chi connectivity index (χ1n) is 10.3. The topological polar surface area (TPSA) is 120 Å². The molecule has 0 spiro atoms. The second kappa shape index (κ2) is 9.01. The Morgan fingerprint density at radius 1 is 1.22 bits per heavy atom. The molecule has 9 nitrogen and oxygen atoms in total.